The normalized spacial score (nSPS) is 9.95. The van der Waals surface area contributed by atoms with Crippen molar-refractivity contribution in [2.45, 2.75) is 13.5 Å². The molecule has 0 aliphatic rings. The number of nitrogens with zero attached hydrogens (tertiary/aromatic N) is 1. The summed E-state index contributed by atoms with van der Waals surface area (Å²) >= 11 is 0. The van der Waals surface area contributed by atoms with Crippen LogP contribution in [0.15, 0.2) is 54.9 Å². The number of hydrogen-bond acceptors (Lipinski definition) is 2. The van der Waals surface area contributed by atoms with Crippen molar-refractivity contribution in [3.05, 3.63) is 54.9 Å². The van der Waals surface area contributed by atoms with Crippen LogP contribution in [0, 0.1) is 0 Å². The van der Waals surface area contributed by atoms with Crippen molar-refractivity contribution in [1.29, 1.82) is 0 Å². The molecule has 0 atom stereocenters. The van der Waals surface area contributed by atoms with E-state index in [-0.39, 0.29) is 5.91 Å². The maximum absolute atomic E-state index is 10.9. The summed E-state index contributed by atoms with van der Waals surface area (Å²) in [5, 5.41) is 2.72. The lowest BCUT2D eigenvalue weighted by molar-refractivity contribution is -0.697. The lowest BCUT2D eigenvalue weighted by atomic mass is 10.3. The Hall–Kier alpha value is -2.36. The maximum atomic E-state index is 10.9. The van der Waals surface area contributed by atoms with Gasteiger partial charge in [0, 0.05) is 24.7 Å². The summed E-state index contributed by atoms with van der Waals surface area (Å²) in [5.41, 5.74) is 0.775. The Kier molecular flexibility index (Phi) is 4.50. The molecule has 0 fully saturated rings. The van der Waals surface area contributed by atoms with Crippen molar-refractivity contribution >= 4 is 11.6 Å². The number of benzene rings is 1. The van der Waals surface area contributed by atoms with Gasteiger partial charge in [0.25, 0.3) is 0 Å². The van der Waals surface area contributed by atoms with Gasteiger partial charge in [0.1, 0.15) is 12.4 Å². The summed E-state index contributed by atoms with van der Waals surface area (Å²) in [6, 6.07) is 13.3. The molecule has 98 valence electrons. The van der Waals surface area contributed by atoms with Gasteiger partial charge < -0.3 is 10.1 Å². The van der Waals surface area contributed by atoms with E-state index in [4.69, 9.17) is 4.74 Å². The number of ether oxygens (including phenoxy) is 1. The van der Waals surface area contributed by atoms with Gasteiger partial charge in [0.2, 0.25) is 5.91 Å². The molecule has 0 unspecified atom stereocenters. The first-order valence-corrected chi connectivity index (χ1v) is 6.18. The summed E-state index contributed by atoms with van der Waals surface area (Å²) in [4.78, 5) is 10.9. The zero-order valence-corrected chi connectivity index (χ0v) is 10.9. The number of nitrogens with one attached hydrogen (secondary N) is 1. The van der Waals surface area contributed by atoms with E-state index < -0.39 is 0 Å². The van der Waals surface area contributed by atoms with Crippen molar-refractivity contribution < 1.29 is 14.1 Å². The Morgan fingerprint density at radius 2 is 1.84 bits per heavy atom. The average Bonchev–Trinajstić information content (AvgIpc) is 2.41. The highest BCUT2D eigenvalue weighted by Gasteiger charge is 2.00. The Labute approximate surface area is 112 Å². The van der Waals surface area contributed by atoms with Crippen LogP contribution in [-0.4, -0.2) is 12.5 Å². The lowest BCUT2D eigenvalue weighted by Gasteiger charge is -2.06. The topological polar surface area (TPSA) is 42.2 Å². The third-order valence-corrected chi connectivity index (χ3v) is 2.57. The number of aromatic nitrogens is 1. The number of pyridine rings is 1. The van der Waals surface area contributed by atoms with Crippen LogP contribution >= 0.6 is 0 Å². The SMILES string of the molecule is CC(=O)Nc1ccc(OCC[n+]2ccccc2)cc1. The number of carbonyl (C=O) groups is 1. The highest BCUT2D eigenvalue weighted by molar-refractivity contribution is 5.88. The van der Waals surface area contributed by atoms with Gasteiger partial charge in [-0.3, -0.25) is 4.79 Å². The minimum absolute atomic E-state index is 0.0749. The first-order chi connectivity index (χ1) is 9.24. The van der Waals surface area contributed by atoms with Gasteiger partial charge in [-0.15, -0.1) is 0 Å². The number of hydrogen-bond donors (Lipinski definition) is 1. The Morgan fingerprint density at radius 1 is 1.16 bits per heavy atom. The molecule has 1 amide bonds. The second-order valence-electron chi connectivity index (χ2n) is 4.17. The highest BCUT2D eigenvalue weighted by Crippen LogP contribution is 2.15. The fourth-order valence-electron chi connectivity index (χ4n) is 1.69. The van der Waals surface area contributed by atoms with E-state index in [1.165, 1.54) is 6.92 Å². The number of rotatable bonds is 5. The van der Waals surface area contributed by atoms with Gasteiger partial charge in [0.15, 0.2) is 18.9 Å². The van der Waals surface area contributed by atoms with Crippen LogP contribution in [0.1, 0.15) is 6.92 Å². The molecule has 0 spiro atoms. The van der Waals surface area contributed by atoms with E-state index >= 15 is 0 Å². The molecule has 1 aromatic carbocycles. The molecule has 4 nitrogen and oxygen atoms in total. The molecule has 2 rings (SSSR count). The Balaban J connectivity index is 1.81. The molecule has 1 aromatic heterocycles. The number of amides is 1. The number of anilines is 1. The maximum Gasteiger partial charge on any atom is 0.221 e. The molecule has 0 bridgehead atoms. The molecular formula is C15H17N2O2+. The minimum Gasteiger partial charge on any atom is -0.487 e. The van der Waals surface area contributed by atoms with Crippen LogP contribution in [0.25, 0.3) is 0 Å². The molecule has 1 N–H and O–H groups in total. The van der Waals surface area contributed by atoms with Gasteiger partial charge in [-0.05, 0) is 24.3 Å². The van der Waals surface area contributed by atoms with Crippen LogP contribution in [0.4, 0.5) is 5.69 Å². The second kappa shape index (κ2) is 6.54. The third-order valence-electron chi connectivity index (χ3n) is 2.57. The molecule has 0 saturated heterocycles. The zero-order chi connectivity index (χ0) is 13.5. The van der Waals surface area contributed by atoms with E-state index in [0.717, 1.165) is 18.0 Å². The number of carbonyl (C=O) groups excluding carboxylic acids is 1. The van der Waals surface area contributed by atoms with Crippen molar-refractivity contribution in [2.24, 2.45) is 0 Å². The largest absolute Gasteiger partial charge is 0.487 e. The summed E-state index contributed by atoms with van der Waals surface area (Å²) in [5.74, 6) is 0.722. The summed E-state index contributed by atoms with van der Waals surface area (Å²) in [6.45, 7) is 2.89. The van der Waals surface area contributed by atoms with E-state index in [9.17, 15) is 4.79 Å². The molecule has 19 heavy (non-hydrogen) atoms. The van der Waals surface area contributed by atoms with Gasteiger partial charge in [-0.2, -0.15) is 0 Å². The van der Waals surface area contributed by atoms with Crippen LogP contribution in [0.2, 0.25) is 0 Å². The predicted molar refractivity (Wildman–Crippen MR) is 72.9 cm³/mol. The first-order valence-electron chi connectivity index (χ1n) is 6.18. The second-order valence-corrected chi connectivity index (χ2v) is 4.17. The minimum atomic E-state index is -0.0749. The van der Waals surface area contributed by atoms with Gasteiger partial charge >= 0.3 is 0 Å². The lowest BCUT2D eigenvalue weighted by Crippen LogP contribution is -2.35. The molecule has 0 aliphatic heterocycles. The quantitative estimate of drug-likeness (QED) is 0.833. The van der Waals surface area contributed by atoms with Gasteiger partial charge in [-0.25, -0.2) is 4.57 Å². The monoisotopic (exact) mass is 257 g/mol. The highest BCUT2D eigenvalue weighted by atomic mass is 16.5. The van der Waals surface area contributed by atoms with Crippen LogP contribution in [0.3, 0.4) is 0 Å². The van der Waals surface area contributed by atoms with E-state index in [0.29, 0.717) is 6.61 Å². The van der Waals surface area contributed by atoms with Crippen molar-refractivity contribution in [2.75, 3.05) is 11.9 Å². The Morgan fingerprint density at radius 3 is 2.47 bits per heavy atom. The summed E-state index contributed by atoms with van der Waals surface area (Å²) in [6.07, 6.45) is 4.01. The molecule has 1 heterocycles. The van der Waals surface area contributed by atoms with Crippen molar-refractivity contribution in [3.8, 4) is 5.75 Å². The summed E-state index contributed by atoms with van der Waals surface area (Å²) < 4.78 is 7.70. The van der Waals surface area contributed by atoms with Crippen LogP contribution in [0.5, 0.6) is 5.75 Å². The molecule has 0 radical (unpaired) electrons. The smallest absolute Gasteiger partial charge is 0.221 e. The van der Waals surface area contributed by atoms with E-state index in [1.807, 2.05) is 54.9 Å². The van der Waals surface area contributed by atoms with Crippen LogP contribution < -0.4 is 14.6 Å². The average molecular weight is 257 g/mol. The Bertz CT molecular complexity index is 524. The van der Waals surface area contributed by atoms with E-state index in [1.54, 1.807) is 0 Å². The fraction of sp³-hybridized carbons (Fsp3) is 0.200. The molecular weight excluding hydrogens is 240 g/mol. The van der Waals surface area contributed by atoms with Crippen molar-refractivity contribution in [3.63, 3.8) is 0 Å². The summed E-state index contributed by atoms with van der Waals surface area (Å²) in [7, 11) is 0. The van der Waals surface area contributed by atoms with Gasteiger partial charge in [-0.1, -0.05) is 6.07 Å². The molecule has 2 aromatic rings. The fourth-order valence-corrected chi connectivity index (χ4v) is 1.69. The molecule has 0 saturated carbocycles. The first kappa shape index (κ1) is 13.1. The molecule has 0 aliphatic carbocycles. The van der Waals surface area contributed by atoms with Crippen molar-refractivity contribution in [1.82, 2.24) is 0 Å². The van der Waals surface area contributed by atoms with Gasteiger partial charge in [0.05, 0.1) is 0 Å². The molecule has 4 heteroatoms. The zero-order valence-electron chi connectivity index (χ0n) is 10.9. The standard InChI is InChI=1S/C15H16N2O2/c1-13(18)16-14-5-7-15(8-6-14)19-12-11-17-9-3-2-4-10-17/h2-10H,11-12H2,1H3/p+1. The van der Waals surface area contributed by atoms with E-state index in [2.05, 4.69) is 9.88 Å². The third kappa shape index (κ3) is 4.43. The van der Waals surface area contributed by atoms with Crippen LogP contribution in [-0.2, 0) is 11.3 Å². The predicted octanol–water partition coefficient (Wildman–Crippen LogP) is 2.01.